The fourth-order valence-corrected chi connectivity index (χ4v) is 2.36. The zero-order valence-electron chi connectivity index (χ0n) is 9.47. The highest BCUT2D eigenvalue weighted by molar-refractivity contribution is 9.10. The van der Waals surface area contributed by atoms with E-state index in [-0.39, 0.29) is 5.56 Å². The first kappa shape index (κ1) is 13.0. The molecule has 0 saturated carbocycles. The zero-order valence-corrected chi connectivity index (χ0v) is 11.9. The van der Waals surface area contributed by atoms with Crippen LogP contribution in [0.5, 0.6) is 0 Å². The Labute approximate surface area is 116 Å². The lowest BCUT2D eigenvalue weighted by atomic mass is 10.4. The molecule has 0 atom stereocenters. The third kappa shape index (κ3) is 2.85. The van der Waals surface area contributed by atoms with Crippen molar-refractivity contribution >= 4 is 33.0 Å². The molecule has 0 aromatic carbocycles. The van der Waals surface area contributed by atoms with Gasteiger partial charge in [0.05, 0.1) is 25.0 Å². The van der Waals surface area contributed by atoms with E-state index in [1.165, 1.54) is 4.68 Å². The number of halogens is 1. The lowest BCUT2D eigenvalue weighted by molar-refractivity contribution is 0.649. The highest BCUT2D eigenvalue weighted by Crippen LogP contribution is 2.17. The van der Waals surface area contributed by atoms with Crippen molar-refractivity contribution in [3.05, 3.63) is 50.3 Å². The minimum Gasteiger partial charge on any atom is -0.376 e. The molecule has 1 N–H and O–H groups in total. The van der Waals surface area contributed by atoms with Gasteiger partial charge in [-0.25, -0.2) is 9.67 Å². The summed E-state index contributed by atoms with van der Waals surface area (Å²) in [5.41, 5.74) is 0.481. The molecule has 0 unspecified atom stereocenters. The SMILES string of the molecule is C=CCn1ncc(NCc2nccs2)c(Br)c1=O. The Balaban J connectivity index is 2.16. The molecule has 2 aromatic heterocycles. The van der Waals surface area contributed by atoms with Crippen molar-refractivity contribution < 1.29 is 0 Å². The number of aromatic nitrogens is 3. The molecule has 0 spiro atoms. The van der Waals surface area contributed by atoms with E-state index in [1.807, 2.05) is 5.38 Å². The van der Waals surface area contributed by atoms with Crippen LogP contribution in [0, 0.1) is 0 Å². The Kier molecular flexibility index (Phi) is 4.27. The summed E-state index contributed by atoms with van der Waals surface area (Å²) in [7, 11) is 0. The molecule has 2 aromatic rings. The van der Waals surface area contributed by atoms with Gasteiger partial charge in [-0.05, 0) is 15.9 Å². The molecular formula is C11H11BrN4OS. The van der Waals surface area contributed by atoms with E-state index in [0.29, 0.717) is 23.2 Å². The van der Waals surface area contributed by atoms with E-state index in [1.54, 1.807) is 29.8 Å². The summed E-state index contributed by atoms with van der Waals surface area (Å²) in [6, 6.07) is 0. The Hall–Kier alpha value is -1.47. The average molecular weight is 327 g/mol. The van der Waals surface area contributed by atoms with E-state index >= 15 is 0 Å². The minimum absolute atomic E-state index is 0.181. The molecule has 18 heavy (non-hydrogen) atoms. The molecule has 2 rings (SSSR count). The Bertz CT molecular complexity index is 594. The Morgan fingerprint density at radius 2 is 2.44 bits per heavy atom. The van der Waals surface area contributed by atoms with Crippen molar-refractivity contribution in [2.24, 2.45) is 0 Å². The van der Waals surface area contributed by atoms with Gasteiger partial charge in [0, 0.05) is 11.6 Å². The molecule has 0 radical (unpaired) electrons. The van der Waals surface area contributed by atoms with Crippen LogP contribution >= 0.6 is 27.3 Å². The minimum atomic E-state index is -0.181. The van der Waals surface area contributed by atoms with Crippen molar-refractivity contribution in [3.63, 3.8) is 0 Å². The van der Waals surface area contributed by atoms with Crippen molar-refractivity contribution in [3.8, 4) is 0 Å². The first-order valence-electron chi connectivity index (χ1n) is 5.21. The monoisotopic (exact) mass is 326 g/mol. The second-order valence-electron chi connectivity index (χ2n) is 3.43. The molecule has 0 amide bonds. The molecule has 0 aliphatic heterocycles. The lowest BCUT2D eigenvalue weighted by Gasteiger charge is -2.08. The van der Waals surface area contributed by atoms with Crippen molar-refractivity contribution in [2.45, 2.75) is 13.1 Å². The van der Waals surface area contributed by atoms with Crippen molar-refractivity contribution in [1.29, 1.82) is 0 Å². The average Bonchev–Trinajstić information content (AvgIpc) is 2.87. The molecule has 2 heterocycles. The van der Waals surface area contributed by atoms with Gasteiger partial charge in [-0.1, -0.05) is 6.08 Å². The molecule has 94 valence electrons. The van der Waals surface area contributed by atoms with Gasteiger partial charge >= 0.3 is 0 Å². The van der Waals surface area contributed by atoms with Crippen LogP contribution in [-0.2, 0) is 13.1 Å². The number of nitrogens with one attached hydrogen (secondary N) is 1. The number of rotatable bonds is 5. The van der Waals surface area contributed by atoms with Crippen LogP contribution in [0.25, 0.3) is 0 Å². The number of allylic oxidation sites excluding steroid dienone is 1. The Morgan fingerprint density at radius 3 is 3.11 bits per heavy atom. The first-order valence-corrected chi connectivity index (χ1v) is 6.88. The van der Waals surface area contributed by atoms with Crippen LogP contribution in [0.4, 0.5) is 5.69 Å². The van der Waals surface area contributed by atoms with Crippen LogP contribution in [0.15, 0.2) is 39.7 Å². The van der Waals surface area contributed by atoms with Gasteiger partial charge < -0.3 is 5.32 Å². The van der Waals surface area contributed by atoms with Gasteiger partial charge in [-0.2, -0.15) is 5.10 Å². The topological polar surface area (TPSA) is 59.8 Å². The van der Waals surface area contributed by atoms with Crippen molar-refractivity contribution in [1.82, 2.24) is 14.8 Å². The molecule has 7 heteroatoms. The zero-order chi connectivity index (χ0) is 13.0. The highest BCUT2D eigenvalue weighted by atomic mass is 79.9. The predicted molar refractivity (Wildman–Crippen MR) is 75.8 cm³/mol. The standard InChI is InChI=1S/C11H11BrN4OS/c1-2-4-16-11(17)10(12)8(6-15-16)14-7-9-13-3-5-18-9/h2-3,5-6,14H,1,4,7H2. The second kappa shape index (κ2) is 5.92. The molecule has 0 aliphatic carbocycles. The Morgan fingerprint density at radius 1 is 1.61 bits per heavy atom. The van der Waals surface area contributed by atoms with Crippen molar-refractivity contribution in [2.75, 3.05) is 5.32 Å². The summed E-state index contributed by atoms with van der Waals surface area (Å²) < 4.78 is 1.81. The number of anilines is 1. The number of thiazole rings is 1. The third-order valence-electron chi connectivity index (χ3n) is 2.20. The third-order valence-corrected chi connectivity index (χ3v) is 3.75. The van der Waals surface area contributed by atoms with E-state index in [4.69, 9.17) is 0 Å². The molecular weight excluding hydrogens is 316 g/mol. The molecule has 0 saturated heterocycles. The summed E-state index contributed by atoms with van der Waals surface area (Å²) in [4.78, 5) is 16.0. The van der Waals surface area contributed by atoms with Crippen LogP contribution in [-0.4, -0.2) is 14.8 Å². The number of hydrogen-bond acceptors (Lipinski definition) is 5. The van der Waals surface area contributed by atoms with Crippen LogP contribution in [0.3, 0.4) is 0 Å². The molecule has 0 fully saturated rings. The molecule has 5 nitrogen and oxygen atoms in total. The second-order valence-corrected chi connectivity index (χ2v) is 5.20. The van der Waals surface area contributed by atoms with Gasteiger partial charge in [-0.15, -0.1) is 17.9 Å². The number of hydrogen-bond donors (Lipinski definition) is 1. The maximum atomic E-state index is 11.9. The molecule has 0 aliphatic rings. The largest absolute Gasteiger partial charge is 0.376 e. The maximum absolute atomic E-state index is 11.9. The summed E-state index contributed by atoms with van der Waals surface area (Å²) >= 11 is 4.84. The van der Waals surface area contributed by atoms with E-state index in [2.05, 4.69) is 37.9 Å². The molecule has 0 bridgehead atoms. The normalized spacial score (nSPS) is 10.3. The van der Waals surface area contributed by atoms with Gasteiger partial charge in [-0.3, -0.25) is 4.79 Å². The summed E-state index contributed by atoms with van der Waals surface area (Å²) in [5.74, 6) is 0. The van der Waals surface area contributed by atoms with Crippen LogP contribution < -0.4 is 10.9 Å². The smallest absolute Gasteiger partial charge is 0.283 e. The predicted octanol–water partition coefficient (Wildman–Crippen LogP) is 2.26. The maximum Gasteiger partial charge on any atom is 0.283 e. The quantitative estimate of drug-likeness (QED) is 0.856. The van der Waals surface area contributed by atoms with Gasteiger partial charge in [0.1, 0.15) is 9.48 Å². The van der Waals surface area contributed by atoms with Gasteiger partial charge in [0.2, 0.25) is 0 Å². The first-order chi connectivity index (χ1) is 8.72. The van der Waals surface area contributed by atoms with E-state index in [9.17, 15) is 4.79 Å². The van der Waals surface area contributed by atoms with Crippen LogP contribution in [0.1, 0.15) is 5.01 Å². The van der Waals surface area contributed by atoms with Gasteiger partial charge in [0.15, 0.2) is 0 Å². The van der Waals surface area contributed by atoms with Crippen LogP contribution in [0.2, 0.25) is 0 Å². The summed E-state index contributed by atoms with van der Waals surface area (Å²) in [5, 5.41) is 10.0. The summed E-state index contributed by atoms with van der Waals surface area (Å²) in [6.07, 6.45) is 4.99. The fraction of sp³-hybridized carbons (Fsp3) is 0.182. The fourth-order valence-electron chi connectivity index (χ4n) is 1.35. The highest BCUT2D eigenvalue weighted by Gasteiger charge is 2.08. The van der Waals surface area contributed by atoms with Gasteiger partial charge in [0.25, 0.3) is 5.56 Å². The van der Waals surface area contributed by atoms with E-state index < -0.39 is 0 Å². The summed E-state index contributed by atoms with van der Waals surface area (Å²) in [6.45, 7) is 4.55. The van der Waals surface area contributed by atoms with E-state index in [0.717, 1.165) is 5.01 Å². The number of nitrogens with zero attached hydrogens (tertiary/aromatic N) is 3. The lowest BCUT2D eigenvalue weighted by Crippen LogP contribution is -2.23.